The van der Waals surface area contributed by atoms with Crippen molar-refractivity contribution in [3.05, 3.63) is 29.8 Å². The minimum atomic E-state index is -1.61. The van der Waals surface area contributed by atoms with Crippen molar-refractivity contribution in [2.75, 3.05) is 26.9 Å². The Hall–Kier alpha value is -1.87. The van der Waals surface area contributed by atoms with Crippen molar-refractivity contribution in [1.82, 2.24) is 0 Å². The average Bonchev–Trinajstić information content (AvgIpc) is 3.56. The third kappa shape index (κ3) is 4.12. The fraction of sp³-hybridized carbons (Fsp3) is 0.696. The quantitative estimate of drug-likeness (QED) is 0.210. The lowest BCUT2D eigenvalue weighted by molar-refractivity contribution is -0.356. The van der Waals surface area contributed by atoms with Crippen LogP contribution in [-0.4, -0.2) is 113 Å². The summed E-state index contributed by atoms with van der Waals surface area (Å²) in [5.41, 5.74) is -0.722. The number of methoxy groups -OCH3 is 1. The van der Waals surface area contributed by atoms with E-state index in [1.54, 1.807) is 24.3 Å². The predicted molar refractivity (Wildman–Crippen MR) is 113 cm³/mol. The number of carbonyl (C=O) groups excluding carboxylic acids is 1. The summed E-state index contributed by atoms with van der Waals surface area (Å²) < 4.78 is 33.9. The third-order valence-electron chi connectivity index (χ3n) is 7.48. The van der Waals surface area contributed by atoms with Crippen LogP contribution in [0.5, 0.6) is 5.75 Å². The van der Waals surface area contributed by atoms with Crippen LogP contribution in [0.25, 0.3) is 0 Å². The first-order chi connectivity index (χ1) is 16.8. The van der Waals surface area contributed by atoms with E-state index in [4.69, 9.17) is 28.4 Å². The molecule has 0 spiro atoms. The molecule has 5 rings (SSSR count). The molecule has 1 aliphatic carbocycles. The summed E-state index contributed by atoms with van der Waals surface area (Å²) >= 11 is 0. The molecule has 12 nitrogen and oxygen atoms in total. The molecule has 4 fully saturated rings. The SMILES string of the molecule is COc1ccc(C(=O)O[C@@H]2[C@H]3CCO[C@@H](O[C@H]4O[C@H](CO)[C@@H](O)[C@H](O)[C@H]4O)[C@@H]3[C@]3(CO)O[C@@H]23)cc1. The minimum absolute atomic E-state index is 0.244. The maximum atomic E-state index is 12.8. The molecule has 1 aromatic carbocycles. The number of fused-ring (bicyclic) bond motifs is 3. The maximum Gasteiger partial charge on any atom is 0.338 e. The number of hydrogen-bond donors (Lipinski definition) is 5. The number of aliphatic hydroxyl groups is 5. The van der Waals surface area contributed by atoms with E-state index < -0.39 is 73.3 Å². The second-order valence-electron chi connectivity index (χ2n) is 9.30. The van der Waals surface area contributed by atoms with Crippen LogP contribution in [0, 0.1) is 11.8 Å². The average molecular weight is 498 g/mol. The number of aliphatic hydroxyl groups excluding tert-OH is 5. The molecule has 194 valence electrons. The van der Waals surface area contributed by atoms with Crippen molar-refractivity contribution < 1.29 is 58.7 Å². The fourth-order valence-corrected chi connectivity index (χ4v) is 5.54. The molecule has 3 heterocycles. The summed E-state index contributed by atoms with van der Waals surface area (Å²) in [5.74, 6) is -0.775. The summed E-state index contributed by atoms with van der Waals surface area (Å²) in [7, 11) is 1.53. The lowest BCUT2D eigenvalue weighted by Crippen LogP contribution is -2.61. The summed E-state index contributed by atoms with van der Waals surface area (Å²) in [6, 6.07) is 6.49. The third-order valence-corrected chi connectivity index (χ3v) is 7.48. The number of epoxide rings is 1. The van der Waals surface area contributed by atoms with Crippen LogP contribution in [0.15, 0.2) is 24.3 Å². The van der Waals surface area contributed by atoms with Crippen LogP contribution < -0.4 is 4.74 Å². The zero-order chi connectivity index (χ0) is 24.9. The van der Waals surface area contributed by atoms with Gasteiger partial charge in [0.15, 0.2) is 12.6 Å². The molecule has 0 unspecified atom stereocenters. The van der Waals surface area contributed by atoms with Crippen LogP contribution >= 0.6 is 0 Å². The standard InChI is InChI=1S/C23H30O12/c1-30-11-4-2-10(3-5-11)20(29)33-18-12-6-7-31-21(14(12)23(9-25)19(18)35-23)34-22-17(28)16(27)15(26)13(8-24)32-22/h2-5,12-19,21-22,24-28H,6-9H2,1H3/t12-,13+,14+,15+,16-,17+,18+,19-,21-,22+,23-/m0/s1. The van der Waals surface area contributed by atoms with Crippen molar-refractivity contribution in [3.63, 3.8) is 0 Å². The first-order valence-corrected chi connectivity index (χ1v) is 11.6. The molecule has 0 bridgehead atoms. The molecule has 11 atom stereocenters. The fourth-order valence-electron chi connectivity index (χ4n) is 5.54. The lowest BCUT2D eigenvalue weighted by Gasteiger charge is -2.44. The molecular weight excluding hydrogens is 468 g/mol. The number of hydrogen-bond acceptors (Lipinski definition) is 12. The van der Waals surface area contributed by atoms with Crippen LogP contribution in [-0.2, 0) is 23.7 Å². The molecule has 12 heteroatoms. The Balaban J connectivity index is 1.32. The van der Waals surface area contributed by atoms with Crippen molar-refractivity contribution >= 4 is 5.97 Å². The van der Waals surface area contributed by atoms with E-state index in [1.807, 2.05) is 0 Å². The number of rotatable bonds is 7. The normalized spacial score (nSPS) is 44.3. The number of carbonyl (C=O) groups is 1. The van der Waals surface area contributed by atoms with Gasteiger partial charge in [0.05, 0.1) is 38.4 Å². The molecule has 3 saturated heterocycles. The van der Waals surface area contributed by atoms with E-state index in [0.717, 1.165) is 0 Å². The van der Waals surface area contributed by atoms with Crippen molar-refractivity contribution in [2.24, 2.45) is 11.8 Å². The molecule has 4 aliphatic rings. The molecule has 1 aromatic rings. The number of esters is 1. The number of benzene rings is 1. The van der Waals surface area contributed by atoms with Gasteiger partial charge in [-0.25, -0.2) is 4.79 Å². The highest BCUT2D eigenvalue weighted by Crippen LogP contribution is 2.61. The summed E-state index contributed by atoms with van der Waals surface area (Å²) in [5, 5.41) is 50.1. The van der Waals surface area contributed by atoms with Gasteiger partial charge in [0.1, 0.15) is 48.0 Å². The Bertz CT molecular complexity index is 908. The highest BCUT2D eigenvalue weighted by atomic mass is 16.8. The molecule has 0 radical (unpaired) electrons. The van der Waals surface area contributed by atoms with Gasteiger partial charge in [-0.3, -0.25) is 0 Å². The molecule has 3 aliphatic heterocycles. The molecule has 0 amide bonds. The van der Waals surface area contributed by atoms with E-state index in [-0.39, 0.29) is 19.1 Å². The van der Waals surface area contributed by atoms with Crippen LogP contribution in [0.2, 0.25) is 0 Å². The molecule has 0 aromatic heterocycles. The largest absolute Gasteiger partial charge is 0.497 e. The van der Waals surface area contributed by atoms with Crippen LogP contribution in [0.4, 0.5) is 0 Å². The topological polar surface area (TPSA) is 177 Å². The molecule has 5 N–H and O–H groups in total. The van der Waals surface area contributed by atoms with Crippen molar-refractivity contribution in [1.29, 1.82) is 0 Å². The molecular formula is C23H30O12. The van der Waals surface area contributed by atoms with E-state index in [2.05, 4.69) is 0 Å². The lowest BCUT2D eigenvalue weighted by atomic mass is 9.83. The highest BCUT2D eigenvalue weighted by molar-refractivity contribution is 5.89. The summed E-state index contributed by atoms with van der Waals surface area (Å²) in [6.07, 6.45) is -9.04. The molecule has 35 heavy (non-hydrogen) atoms. The monoisotopic (exact) mass is 498 g/mol. The van der Waals surface area contributed by atoms with E-state index in [9.17, 15) is 30.3 Å². The zero-order valence-corrected chi connectivity index (χ0v) is 19.0. The van der Waals surface area contributed by atoms with Crippen molar-refractivity contribution in [2.45, 2.75) is 61.2 Å². The van der Waals surface area contributed by atoms with Gasteiger partial charge in [0.2, 0.25) is 0 Å². The van der Waals surface area contributed by atoms with Crippen LogP contribution in [0.3, 0.4) is 0 Å². The second-order valence-corrected chi connectivity index (χ2v) is 9.30. The summed E-state index contributed by atoms with van der Waals surface area (Å²) in [6.45, 7) is -0.723. The second kappa shape index (κ2) is 9.54. The van der Waals surface area contributed by atoms with Gasteiger partial charge in [0, 0.05) is 5.92 Å². The van der Waals surface area contributed by atoms with Crippen molar-refractivity contribution in [3.8, 4) is 5.75 Å². The first kappa shape index (κ1) is 24.8. The first-order valence-electron chi connectivity index (χ1n) is 11.6. The zero-order valence-electron chi connectivity index (χ0n) is 19.0. The Morgan fingerprint density at radius 2 is 1.83 bits per heavy atom. The van der Waals surface area contributed by atoms with E-state index in [0.29, 0.717) is 17.7 Å². The smallest absolute Gasteiger partial charge is 0.338 e. The van der Waals surface area contributed by atoms with Gasteiger partial charge in [-0.05, 0) is 30.7 Å². The van der Waals surface area contributed by atoms with Crippen LogP contribution in [0.1, 0.15) is 16.8 Å². The predicted octanol–water partition coefficient (Wildman–Crippen LogP) is -1.84. The Labute approximate surface area is 200 Å². The van der Waals surface area contributed by atoms with E-state index >= 15 is 0 Å². The Morgan fingerprint density at radius 1 is 1.09 bits per heavy atom. The summed E-state index contributed by atoms with van der Waals surface area (Å²) in [4.78, 5) is 12.8. The Morgan fingerprint density at radius 3 is 2.49 bits per heavy atom. The maximum absolute atomic E-state index is 12.8. The minimum Gasteiger partial charge on any atom is -0.497 e. The number of ether oxygens (including phenoxy) is 6. The van der Waals surface area contributed by atoms with Gasteiger partial charge in [-0.2, -0.15) is 0 Å². The highest BCUT2D eigenvalue weighted by Gasteiger charge is 2.77. The Kier molecular flexibility index (Phi) is 6.76. The van der Waals surface area contributed by atoms with E-state index in [1.165, 1.54) is 7.11 Å². The van der Waals surface area contributed by atoms with Gasteiger partial charge < -0.3 is 54.0 Å². The van der Waals surface area contributed by atoms with Gasteiger partial charge in [-0.1, -0.05) is 0 Å². The van der Waals surface area contributed by atoms with Gasteiger partial charge in [0.25, 0.3) is 0 Å². The van der Waals surface area contributed by atoms with Gasteiger partial charge >= 0.3 is 5.97 Å². The molecule has 1 saturated carbocycles. The van der Waals surface area contributed by atoms with Gasteiger partial charge in [-0.15, -0.1) is 0 Å².